The van der Waals surface area contributed by atoms with E-state index in [1.165, 1.54) is 31.6 Å². The predicted molar refractivity (Wildman–Crippen MR) is 99.6 cm³/mol. The quantitative estimate of drug-likeness (QED) is 0.677. The maximum Gasteiger partial charge on any atom is 0.262 e. The number of aromatic nitrogens is 1. The van der Waals surface area contributed by atoms with E-state index in [0.29, 0.717) is 28.0 Å². The smallest absolute Gasteiger partial charge is 0.262 e. The van der Waals surface area contributed by atoms with Crippen molar-refractivity contribution in [3.8, 4) is 17.2 Å². The summed E-state index contributed by atoms with van der Waals surface area (Å²) in [4.78, 5) is 4.05. The summed E-state index contributed by atoms with van der Waals surface area (Å²) in [6.07, 6.45) is 2.97. The molecule has 0 bridgehead atoms. The number of methoxy groups -OCH3 is 1. The molecule has 0 amide bonds. The van der Waals surface area contributed by atoms with Crippen LogP contribution in [0.5, 0.6) is 17.2 Å². The van der Waals surface area contributed by atoms with E-state index in [1.54, 1.807) is 42.5 Å². The summed E-state index contributed by atoms with van der Waals surface area (Å²) >= 11 is 5.90. The molecular weight excluding hydrogens is 376 g/mol. The van der Waals surface area contributed by atoms with Crippen LogP contribution in [0.25, 0.3) is 0 Å². The lowest BCUT2D eigenvalue weighted by atomic mass is 10.3. The molecule has 26 heavy (non-hydrogen) atoms. The maximum atomic E-state index is 12.6. The summed E-state index contributed by atoms with van der Waals surface area (Å²) in [5.74, 6) is 1.29. The van der Waals surface area contributed by atoms with Crippen molar-refractivity contribution in [3.05, 3.63) is 72.0 Å². The summed E-state index contributed by atoms with van der Waals surface area (Å²) in [7, 11) is -2.27. The first kappa shape index (κ1) is 18.0. The van der Waals surface area contributed by atoms with Crippen molar-refractivity contribution in [1.29, 1.82) is 0 Å². The van der Waals surface area contributed by atoms with E-state index < -0.39 is 10.0 Å². The van der Waals surface area contributed by atoms with Gasteiger partial charge in [-0.1, -0.05) is 23.7 Å². The predicted octanol–water partition coefficient (Wildman–Crippen LogP) is 4.34. The molecule has 6 nitrogen and oxygen atoms in total. The molecule has 0 atom stereocenters. The second kappa shape index (κ2) is 7.63. The zero-order valence-electron chi connectivity index (χ0n) is 13.7. The molecule has 1 aromatic heterocycles. The lowest BCUT2D eigenvalue weighted by Gasteiger charge is -2.13. The molecule has 134 valence electrons. The molecule has 0 aliphatic carbocycles. The van der Waals surface area contributed by atoms with Crippen LogP contribution in [0.3, 0.4) is 0 Å². The van der Waals surface area contributed by atoms with Gasteiger partial charge in [0.15, 0.2) is 5.75 Å². The molecule has 0 saturated heterocycles. The molecule has 0 spiro atoms. The van der Waals surface area contributed by atoms with Gasteiger partial charge in [0.25, 0.3) is 10.0 Å². The minimum absolute atomic E-state index is 0.109. The Morgan fingerprint density at radius 2 is 1.73 bits per heavy atom. The fourth-order valence-electron chi connectivity index (χ4n) is 2.17. The van der Waals surface area contributed by atoms with Crippen molar-refractivity contribution in [2.24, 2.45) is 0 Å². The average molecular weight is 391 g/mol. The molecule has 0 aliphatic heterocycles. The number of nitrogens with zero attached hydrogens (tertiary/aromatic N) is 1. The lowest BCUT2D eigenvalue weighted by molar-refractivity contribution is 0.414. The van der Waals surface area contributed by atoms with Crippen LogP contribution in [-0.4, -0.2) is 20.5 Å². The number of anilines is 1. The van der Waals surface area contributed by atoms with Crippen LogP contribution in [0.4, 0.5) is 5.69 Å². The second-order valence-electron chi connectivity index (χ2n) is 5.22. The standard InChI is InChI=1S/C18H15ClN2O4S/c1-24-14-6-8-16(9-7-14)26(22,23)21-17-4-2-3-5-18(17)25-15-10-13(19)11-20-12-15/h2-12,21H,1H3. The number of hydrogen-bond donors (Lipinski definition) is 1. The van der Waals surface area contributed by atoms with E-state index in [-0.39, 0.29) is 4.90 Å². The molecule has 0 saturated carbocycles. The summed E-state index contributed by atoms with van der Waals surface area (Å²) < 4.78 is 38.5. The summed E-state index contributed by atoms with van der Waals surface area (Å²) in [5.41, 5.74) is 0.295. The third kappa shape index (κ3) is 4.25. The minimum Gasteiger partial charge on any atom is -0.497 e. The molecular formula is C18H15ClN2O4S. The fraction of sp³-hybridized carbons (Fsp3) is 0.0556. The molecule has 3 aromatic rings. The molecule has 3 rings (SSSR count). The highest BCUT2D eigenvalue weighted by molar-refractivity contribution is 7.92. The van der Waals surface area contributed by atoms with Gasteiger partial charge in [-0.05, 0) is 36.4 Å². The number of sulfonamides is 1. The Morgan fingerprint density at radius 1 is 1.00 bits per heavy atom. The van der Waals surface area contributed by atoms with E-state index >= 15 is 0 Å². The maximum absolute atomic E-state index is 12.6. The number of hydrogen-bond acceptors (Lipinski definition) is 5. The van der Waals surface area contributed by atoms with Crippen molar-refractivity contribution in [3.63, 3.8) is 0 Å². The van der Waals surface area contributed by atoms with Crippen LogP contribution in [0, 0.1) is 0 Å². The SMILES string of the molecule is COc1ccc(S(=O)(=O)Nc2ccccc2Oc2cncc(Cl)c2)cc1. The van der Waals surface area contributed by atoms with Gasteiger partial charge in [0, 0.05) is 12.3 Å². The van der Waals surface area contributed by atoms with Gasteiger partial charge in [0.05, 0.1) is 28.9 Å². The molecule has 0 unspecified atom stereocenters. The van der Waals surface area contributed by atoms with E-state index in [1.807, 2.05) is 0 Å². The Kier molecular flexibility index (Phi) is 5.29. The first-order valence-corrected chi connectivity index (χ1v) is 9.38. The van der Waals surface area contributed by atoms with Crippen molar-refractivity contribution >= 4 is 27.3 Å². The lowest BCUT2D eigenvalue weighted by Crippen LogP contribution is -2.13. The van der Waals surface area contributed by atoms with Crippen LogP contribution in [0.1, 0.15) is 0 Å². The highest BCUT2D eigenvalue weighted by Gasteiger charge is 2.17. The molecule has 0 radical (unpaired) electrons. The van der Waals surface area contributed by atoms with E-state index in [2.05, 4.69) is 9.71 Å². The van der Waals surface area contributed by atoms with E-state index in [0.717, 1.165) is 0 Å². The largest absolute Gasteiger partial charge is 0.497 e. The number of ether oxygens (including phenoxy) is 2. The third-order valence-corrected chi connectivity index (χ3v) is 5.00. The first-order chi connectivity index (χ1) is 12.5. The Hall–Kier alpha value is -2.77. The number of halogens is 1. The van der Waals surface area contributed by atoms with Gasteiger partial charge < -0.3 is 9.47 Å². The summed E-state index contributed by atoms with van der Waals surface area (Å²) in [6, 6.07) is 14.4. The number of pyridine rings is 1. The zero-order chi connectivity index (χ0) is 18.6. The Labute approximate surface area is 156 Å². The van der Waals surface area contributed by atoms with Crippen LogP contribution < -0.4 is 14.2 Å². The van der Waals surface area contributed by atoms with E-state index in [4.69, 9.17) is 21.1 Å². The Bertz CT molecular complexity index is 1010. The summed E-state index contributed by atoms with van der Waals surface area (Å²) in [6.45, 7) is 0. The van der Waals surface area contributed by atoms with Crippen LogP contribution in [0.2, 0.25) is 5.02 Å². The minimum atomic E-state index is -3.79. The van der Waals surface area contributed by atoms with Crippen molar-refractivity contribution in [1.82, 2.24) is 4.98 Å². The van der Waals surface area contributed by atoms with E-state index in [9.17, 15) is 8.42 Å². The van der Waals surface area contributed by atoms with Gasteiger partial charge in [0.2, 0.25) is 0 Å². The third-order valence-electron chi connectivity index (χ3n) is 3.41. The molecule has 2 aromatic carbocycles. The molecule has 0 fully saturated rings. The van der Waals surface area contributed by atoms with Crippen molar-refractivity contribution in [2.75, 3.05) is 11.8 Å². The van der Waals surface area contributed by atoms with Gasteiger partial charge in [-0.3, -0.25) is 9.71 Å². The molecule has 1 N–H and O–H groups in total. The molecule has 8 heteroatoms. The van der Waals surface area contributed by atoms with Crippen molar-refractivity contribution in [2.45, 2.75) is 4.90 Å². The Morgan fingerprint density at radius 3 is 2.42 bits per heavy atom. The zero-order valence-corrected chi connectivity index (χ0v) is 15.3. The van der Waals surface area contributed by atoms with Gasteiger partial charge in [-0.25, -0.2) is 8.42 Å². The average Bonchev–Trinajstić information content (AvgIpc) is 2.63. The Balaban J connectivity index is 1.87. The molecule has 1 heterocycles. The van der Waals surface area contributed by atoms with Gasteiger partial charge >= 0.3 is 0 Å². The van der Waals surface area contributed by atoms with Crippen LogP contribution in [-0.2, 0) is 10.0 Å². The summed E-state index contributed by atoms with van der Waals surface area (Å²) in [5, 5.41) is 0.416. The topological polar surface area (TPSA) is 77.5 Å². The van der Waals surface area contributed by atoms with Gasteiger partial charge in [-0.15, -0.1) is 0 Å². The van der Waals surface area contributed by atoms with Crippen LogP contribution in [0.15, 0.2) is 71.9 Å². The number of benzene rings is 2. The normalized spacial score (nSPS) is 11.0. The highest BCUT2D eigenvalue weighted by Crippen LogP contribution is 2.31. The fourth-order valence-corrected chi connectivity index (χ4v) is 3.41. The number of para-hydroxylation sites is 2. The second-order valence-corrected chi connectivity index (χ2v) is 7.34. The monoisotopic (exact) mass is 390 g/mol. The first-order valence-electron chi connectivity index (χ1n) is 7.52. The van der Waals surface area contributed by atoms with Crippen molar-refractivity contribution < 1.29 is 17.9 Å². The van der Waals surface area contributed by atoms with Crippen LogP contribution >= 0.6 is 11.6 Å². The van der Waals surface area contributed by atoms with Gasteiger partial charge in [-0.2, -0.15) is 0 Å². The highest BCUT2D eigenvalue weighted by atomic mass is 35.5. The number of rotatable bonds is 6. The molecule has 0 aliphatic rings. The van der Waals surface area contributed by atoms with Gasteiger partial charge in [0.1, 0.15) is 11.5 Å². The number of nitrogens with one attached hydrogen (secondary N) is 1.